The predicted octanol–water partition coefficient (Wildman–Crippen LogP) is 5.44. The summed E-state index contributed by atoms with van der Waals surface area (Å²) < 4.78 is 0. The highest BCUT2D eigenvalue weighted by Crippen LogP contribution is 2.19. The molecule has 3 aromatic carbocycles. The van der Waals surface area contributed by atoms with Crippen molar-refractivity contribution in [2.24, 2.45) is 5.92 Å². The van der Waals surface area contributed by atoms with E-state index < -0.39 is 12.1 Å². The van der Waals surface area contributed by atoms with Crippen molar-refractivity contribution in [2.45, 2.75) is 51.6 Å². The third-order valence-corrected chi connectivity index (χ3v) is 8.00. The molecule has 2 atom stereocenters. The number of benzene rings is 3. The summed E-state index contributed by atoms with van der Waals surface area (Å²) >= 11 is 0. The molecule has 0 spiro atoms. The average Bonchev–Trinajstić information content (AvgIpc) is 3.20. The summed E-state index contributed by atoms with van der Waals surface area (Å²) in [5.41, 5.74) is 3.73. The fraction of sp³-hybridized carbons (Fsp3) is 0.333. The van der Waals surface area contributed by atoms with Gasteiger partial charge in [0, 0.05) is 23.9 Å². The Balaban J connectivity index is 1.17. The van der Waals surface area contributed by atoms with Gasteiger partial charge >= 0.3 is 0 Å². The Labute approximate surface area is 253 Å². The van der Waals surface area contributed by atoms with Crippen LogP contribution in [-0.2, 0) is 16.0 Å². The number of carbonyl (C=O) groups is 3. The smallest absolute Gasteiger partial charge is 0.251 e. The van der Waals surface area contributed by atoms with Gasteiger partial charge in [-0.25, -0.2) is 0 Å². The Morgan fingerprint density at radius 2 is 1.77 bits per heavy atom. The highest BCUT2D eigenvalue weighted by Gasteiger charge is 2.30. The highest BCUT2D eigenvalue weighted by atomic mass is 16.2. The van der Waals surface area contributed by atoms with Crippen molar-refractivity contribution in [3.63, 3.8) is 0 Å². The van der Waals surface area contributed by atoms with Crippen LogP contribution in [0, 0.1) is 5.92 Å². The van der Waals surface area contributed by atoms with E-state index in [9.17, 15) is 14.4 Å². The Hall–Kier alpha value is -4.36. The molecule has 1 aliphatic rings. The zero-order chi connectivity index (χ0) is 30.2. The van der Waals surface area contributed by atoms with Gasteiger partial charge in [-0.3, -0.25) is 24.3 Å². The van der Waals surface area contributed by atoms with Gasteiger partial charge in [-0.2, -0.15) is 0 Å². The van der Waals surface area contributed by atoms with Gasteiger partial charge in [-0.05, 0) is 84.8 Å². The minimum absolute atomic E-state index is 0.0113. The maximum Gasteiger partial charge on any atom is 0.251 e. The van der Waals surface area contributed by atoms with Crippen molar-refractivity contribution in [1.29, 1.82) is 0 Å². The molecule has 0 bridgehead atoms. The van der Waals surface area contributed by atoms with Gasteiger partial charge in [0.1, 0.15) is 6.04 Å². The number of pyridine rings is 1. The number of rotatable bonds is 10. The van der Waals surface area contributed by atoms with E-state index in [1.54, 1.807) is 12.3 Å². The first-order valence-electron chi connectivity index (χ1n) is 15.2. The number of hydrogen-bond donors (Lipinski definition) is 2. The number of nitrogens with zero attached hydrogens (tertiary/aromatic N) is 2. The maximum absolute atomic E-state index is 13.4. The topological polar surface area (TPSA) is 91.4 Å². The average molecular weight is 577 g/mol. The molecule has 2 amide bonds. The third kappa shape index (κ3) is 8.14. The lowest BCUT2D eigenvalue weighted by molar-refractivity contribution is -0.129. The number of Topliss-reactive ketones (excluding diaryl/α,β-unsaturated/α-hetero) is 1. The SMILES string of the molecule is CC(C)C[C@@H](NC(=O)c1ccc2ccccc2c1)C(=O)N[C@@H]1CCCN(CCc2cccc(-c3ccccn3)c2)CC1=O. The summed E-state index contributed by atoms with van der Waals surface area (Å²) in [7, 11) is 0. The standard InChI is InChI=1S/C36H40N4O3/c1-25(2)21-33(39-35(42)30-16-15-27-10-3-4-11-28(27)23-30)36(43)38-32-14-8-19-40(24-34(32)41)20-17-26-9-7-12-29(22-26)31-13-5-6-18-37-31/h3-7,9-13,15-16,18,22-23,25,32-33H,8,14,17,19-21,24H2,1-2H3,(H,38,43)(H,39,42)/t32-,33-/m1/s1. The quantitative estimate of drug-likeness (QED) is 0.262. The zero-order valence-corrected chi connectivity index (χ0v) is 25.0. The third-order valence-electron chi connectivity index (χ3n) is 8.00. The first-order valence-corrected chi connectivity index (χ1v) is 15.2. The van der Waals surface area contributed by atoms with E-state index in [0.29, 0.717) is 24.9 Å². The van der Waals surface area contributed by atoms with E-state index in [1.807, 2.05) is 74.5 Å². The Morgan fingerprint density at radius 3 is 2.56 bits per heavy atom. The molecule has 7 nitrogen and oxygen atoms in total. The van der Waals surface area contributed by atoms with E-state index in [-0.39, 0.29) is 23.5 Å². The minimum Gasteiger partial charge on any atom is -0.344 e. The normalized spacial score (nSPS) is 16.5. The Kier molecular flexibility index (Phi) is 9.95. The molecule has 1 aliphatic heterocycles. The van der Waals surface area contributed by atoms with E-state index in [1.165, 1.54) is 5.56 Å². The molecule has 0 saturated carbocycles. The van der Waals surface area contributed by atoms with Gasteiger partial charge in [0.25, 0.3) is 5.91 Å². The van der Waals surface area contributed by atoms with E-state index >= 15 is 0 Å². The van der Waals surface area contributed by atoms with E-state index in [4.69, 9.17) is 0 Å². The zero-order valence-electron chi connectivity index (χ0n) is 25.0. The summed E-state index contributed by atoms with van der Waals surface area (Å²) in [6.07, 6.45) is 4.49. The minimum atomic E-state index is -0.725. The molecule has 7 heteroatoms. The van der Waals surface area contributed by atoms with Crippen molar-refractivity contribution < 1.29 is 14.4 Å². The van der Waals surface area contributed by atoms with Crippen LogP contribution in [0.2, 0.25) is 0 Å². The summed E-state index contributed by atoms with van der Waals surface area (Å²) in [4.78, 5) is 46.5. The fourth-order valence-corrected chi connectivity index (χ4v) is 5.69. The summed E-state index contributed by atoms with van der Waals surface area (Å²) in [5.74, 6) is -0.403. The van der Waals surface area contributed by atoms with Gasteiger partial charge in [-0.1, -0.05) is 68.4 Å². The lowest BCUT2D eigenvalue weighted by Gasteiger charge is -2.24. The highest BCUT2D eigenvalue weighted by molar-refractivity contribution is 6.01. The Morgan fingerprint density at radius 1 is 0.953 bits per heavy atom. The van der Waals surface area contributed by atoms with Gasteiger partial charge in [-0.15, -0.1) is 0 Å². The molecule has 43 heavy (non-hydrogen) atoms. The molecule has 2 N–H and O–H groups in total. The van der Waals surface area contributed by atoms with Gasteiger partial charge < -0.3 is 10.6 Å². The molecule has 0 unspecified atom stereocenters. The molecule has 1 saturated heterocycles. The summed E-state index contributed by atoms with van der Waals surface area (Å²) in [6.45, 7) is 5.89. The van der Waals surface area contributed by atoms with Crippen LogP contribution in [0.1, 0.15) is 49.0 Å². The molecule has 0 radical (unpaired) electrons. The molecule has 2 heterocycles. The van der Waals surface area contributed by atoms with Crippen molar-refractivity contribution in [3.05, 3.63) is 102 Å². The second-order valence-corrected chi connectivity index (χ2v) is 11.8. The number of ketones is 1. The van der Waals surface area contributed by atoms with Crippen molar-refractivity contribution in [2.75, 3.05) is 19.6 Å². The van der Waals surface area contributed by atoms with Crippen molar-refractivity contribution >= 4 is 28.4 Å². The second-order valence-electron chi connectivity index (χ2n) is 11.8. The number of nitrogens with one attached hydrogen (secondary N) is 2. The molecule has 5 rings (SSSR count). The number of likely N-dealkylation sites (tertiary alicyclic amines) is 1. The largest absolute Gasteiger partial charge is 0.344 e. The first kappa shape index (κ1) is 30.1. The molecular weight excluding hydrogens is 536 g/mol. The van der Waals surface area contributed by atoms with Gasteiger partial charge in [0.05, 0.1) is 18.3 Å². The number of aromatic nitrogens is 1. The lowest BCUT2D eigenvalue weighted by Crippen LogP contribution is -2.52. The molecule has 1 fully saturated rings. The second kappa shape index (κ2) is 14.2. The summed E-state index contributed by atoms with van der Waals surface area (Å²) in [5, 5.41) is 7.94. The van der Waals surface area contributed by atoms with Crippen LogP contribution in [-0.4, -0.2) is 59.2 Å². The number of amides is 2. The monoisotopic (exact) mass is 576 g/mol. The van der Waals surface area contributed by atoms with Crippen molar-refractivity contribution in [1.82, 2.24) is 20.5 Å². The maximum atomic E-state index is 13.4. The lowest BCUT2D eigenvalue weighted by atomic mass is 10.0. The van der Waals surface area contributed by atoms with E-state index in [0.717, 1.165) is 48.0 Å². The van der Waals surface area contributed by atoms with E-state index in [2.05, 4.69) is 38.7 Å². The molecule has 4 aromatic rings. The van der Waals surface area contributed by atoms with Crippen LogP contribution in [0.4, 0.5) is 0 Å². The number of hydrogen-bond acceptors (Lipinski definition) is 5. The molecular formula is C36H40N4O3. The van der Waals surface area contributed by atoms with Crippen LogP contribution in [0.5, 0.6) is 0 Å². The summed E-state index contributed by atoms with van der Waals surface area (Å²) in [6, 6.07) is 26.4. The molecule has 0 aliphatic carbocycles. The Bertz CT molecular complexity index is 1570. The number of carbonyl (C=O) groups excluding carboxylic acids is 3. The van der Waals surface area contributed by atoms with Crippen LogP contribution >= 0.6 is 0 Å². The van der Waals surface area contributed by atoms with Crippen LogP contribution in [0.3, 0.4) is 0 Å². The van der Waals surface area contributed by atoms with Crippen molar-refractivity contribution in [3.8, 4) is 11.3 Å². The van der Waals surface area contributed by atoms with Gasteiger partial charge in [0.2, 0.25) is 5.91 Å². The fourth-order valence-electron chi connectivity index (χ4n) is 5.69. The van der Waals surface area contributed by atoms with Crippen LogP contribution in [0.25, 0.3) is 22.0 Å². The molecule has 222 valence electrons. The first-order chi connectivity index (χ1) is 20.9. The van der Waals surface area contributed by atoms with Crippen LogP contribution in [0.15, 0.2) is 91.1 Å². The molecule has 1 aromatic heterocycles. The van der Waals surface area contributed by atoms with Gasteiger partial charge in [0.15, 0.2) is 5.78 Å². The predicted molar refractivity (Wildman–Crippen MR) is 171 cm³/mol. The van der Waals surface area contributed by atoms with Crippen LogP contribution < -0.4 is 10.6 Å². The number of fused-ring (bicyclic) bond motifs is 1.